The maximum atomic E-state index is 13.2. The summed E-state index contributed by atoms with van der Waals surface area (Å²) in [6.07, 6.45) is 4.97. The Morgan fingerprint density at radius 2 is 2.17 bits per heavy atom. The predicted molar refractivity (Wildman–Crippen MR) is 115 cm³/mol. The van der Waals surface area contributed by atoms with Crippen LogP contribution in [0.5, 0.6) is 0 Å². The summed E-state index contributed by atoms with van der Waals surface area (Å²) >= 11 is 1.55. The van der Waals surface area contributed by atoms with Crippen molar-refractivity contribution in [3.05, 3.63) is 58.9 Å². The molecule has 7 heteroatoms. The van der Waals surface area contributed by atoms with E-state index in [1.165, 1.54) is 5.56 Å². The number of carbonyl (C=O) groups excluding carboxylic acids is 1. The molecule has 29 heavy (non-hydrogen) atoms. The first-order chi connectivity index (χ1) is 14.2. The van der Waals surface area contributed by atoms with Gasteiger partial charge in [0, 0.05) is 44.9 Å². The van der Waals surface area contributed by atoms with Crippen molar-refractivity contribution in [2.45, 2.75) is 25.8 Å². The minimum atomic E-state index is -0.0254. The van der Waals surface area contributed by atoms with E-state index in [9.17, 15) is 9.90 Å². The number of aromatic nitrogens is 2. The summed E-state index contributed by atoms with van der Waals surface area (Å²) in [4.78, 5) is 22.9. The van der Waals surface area contributed by atoms with E-state index in [2.05, 4.69) is 22.0 Å². The van der Waals surface area contributed by atoms with Gasteiger partial charge >= 0.3 is 0 Å². The highest BCUT2D eigenvalue weighted by molar-refractivity contribution is 7.15. The molecule has 0 aliphatic carbocycles. The quantitative estimate of drug-likeness (QED) is 0.648. The fourth-order valence-corrected chi connectivity index (χ4v) is 4.77. The van der Waals surface area contributed by atoms with Crippen molar-refractivity contribution in [2.75, 3.05) is 33.3 Å². The lowest BCUT2D eigenvalue weighted by Crippen LogP contribution is -2.37. The summed E-state index contributed by atoms with van der Waals surface area (Å²) in [5, 5.41) is 11.5. The predicted octanol–water partition coefficient (Wildman–Crippen LogP) is 2.91. The number of hydrogen-bond acceptors (Lipinski definition) is 5. The van der Waals surface area contributed by atoms with Crippen LogP contribution in [0, 0.1) is 5.92 Å². The number of aliphatic hydroxyl groups is 1. The van der Waals surface area contributed by atoms with Gasteiger partial charge in [-0.1, -0.05) is 30.3 Å². The van der Waals surface area contributed by atoms with Crippen LogP contribution in [-0.4, -0.2) is 63.5 Å². The maximum absolute atomic E-state index is 13.2. The number of likely N-dealkylation sites (tertiary alicyclic amines) is 1. The number of nitrogens with zero attached hydrogens (tertiary/aromatic N) is 4. The van der Waals surface area contributed by atoms with Crippen LogP contribution in [0.25, 0.3) is 4.96 Å². The first kappa shape index (κ1) is 20.1. The molecule has 1 fully saturated rings. The molecule has 1 atom stereocenters. The largest absolute Gasteiger partial charge is 0.396 e. The zero-order valence-corrected chi connectivity index (χ0v) is 17.6. The van der Waals surface area contributed by atoms with Gasteiger partial charge in [-0.05, 0) is 37.3 Å². The number of aliphatic hydroxyl groups excluding tert-OH is 1. The fourth-order valence-electron chi connectivity index (χ4n) is 4.03. The average molecular weight is 413 g/mol. The first-order valence-corrected chi connectivity index (χ1v) is 11.1. The number of fused-ring (bicyclic) bond motifs is 1. The molecule has 0 saturated carbocycles. The molecule has 0 unspecified atom stereocenters. The molecular formula is C22H28N4O2S. The van der Waals surface area contributed by atoms with Gasteiger partial charge in [0.05, 0.1) is 5.69 Å². The molecule has 0 spiro atoms. The highest BCUT2D eigenvalue weighted by Crippen LogP contribution is 2.23. The van der Waals surface area contributed by atoms with Gasteiger partial charge in [-0.15, -0.1) is 11.3 Å². The molecule has 1 aliphatic heterocycles. The van der Waals surface area contributed by atoms with E-state index in [1.807, 2.05) is 41.2 Å². The van der Waals surface area contributed by atoms with Crippen molar-refractivity contribution >= 4 is 22.2 Å². The number of imidazole rings is 1. The van der Waals surface area contributed by atoms with E-state index in [0.717, 1.165) is 43.0 Å². The van der Waals surface area contributed by atoms with E-state index in [-0.39, 0.29) is 12.5 Å². The lowest BCUT2D eigenvalue weighted by atomic mass is 9.99. The fraction of sp³-hybridized carbons (Fsp3) is 0.455. The van der Waals surface area contributed by atoms with Gasteiger partial charge in [-0.2, -0.15) is 0 Å². The number of likely N-dealkylation sites (N-methyl/N-ethyl adjacent to an activating group) is 1. The molecule has 2 aromatic heterocycles. The average Bonchev–Trinajstić information content (AvgIpc) is 3.35. The van der Waals surface area contributed by atoms with Crippen LogP contribution in [0.15, 0.2) is 41.9 Å². The molecule has 1 saturated heterocycles. The lowest BCUT2D eigenvalue weighted by Gasteiger charge is -2.31. The van der Waals surface area contributed by atoms with E-state index in [1.54, 1.807) is 16.2 Å². The van der Waals surface area contributed by atoms with Crippen molar-refractivity contribution < 1.29 is 9.90 Å². The van der Waals surface area contributed by atoms with Gasteiger partial charge in [-0.3, -0.25) is 14.1 Å². The van der Waals surface area contributed by atoms with E-state index >= 15 is 0 Å². The summed E-state index contributed by atoms with van der Waals surface area (Å²) in [6, 6.07) is 10.2. The van der Waals surface area contributed by atoms with Gasteiger partial charge in [0.2, 0.25) is 0 Å². The third-order valence-electron chi connectivity index (χ3n) is 5.72. The van der Waals surface area contributed by atoms with Crippen LogP contribution < -0.4 is 0 Å². The van der Waals surface area contributed by atoms with Crippen LogP contribution in [0.1, 0.15) is 34.6 Å². The van der Waals surface area contributed by atoms with Crippen molar-refractivity contribution in [1.82, 2.24) is 19.2 Å². The zero-order chi connectivity index (χ0) is 20.2. The molecule has 1 aromatic carbocycles. The summed E-state index contributed by atoms with van der Waals surface area (Å²) < 4.78 is 2.05. The molecule has 3 aromatic rings. The summed E-state index contributed by atoms with van der Waals surface area (Å²) in [7, 11) is 1.85. The number of hydrogen-bond donors (Lipinski definition) is 1. The van der Waals surface area contributed by atoms with Gasteiger partial charge in [0.25, 0.3) is 5.91 Å². The number of benzene rings is 1. The van der Waals surface area contributed by atoms with Crippen molar-refractivity contribution in [3.63, 3.8) is 0 Å². The Morgan fingerprint density at radius 1 is 1.34 bits per heavy atom. The minimum Gasteiger partial charge on any atom is -0.396 e. The summed E-state index contributed by atoms with van der Waals surface area (Å²) in [6.45, 7) is 3.42. The molecule has 4 rings (SSSR count). The molecule has 1 N–H and O–H groups in total. The molecule has 0 bridgehead atoms. The molecule has 1 amide bonds. The number of carbonyl (C=O) groups is 1. The van der Waals surface area contributed by atoms with Gasteiger partial charge < -0.3 is 10.0 Å². The summed E-state index contributed by atoms with van der Waals surface area (Å²) in [5.74, 6) is 0.296. The van der Waals surface area contributed by atoms with Crippen LogP contribution in [0.3, 0.4) is 0 Å². The molecule has 154 valence electrons. The Kier molecular flexibility index (Phi) is 6.28. The zero-order valence-electron chi connectivity index (χ0n) is 16.8. The monoisotopic (exact) mass is 412 g/mol. The van der Waals surface area contributed by atoms with E-state index in [0.29, 0.717) is 24.7 Å². The van der Waals surface area contributed by atoms with Crippen LogP contribution in [0.4, 0.5) is 0 Å². The van der Waals surface area contributed by atoms with E-state index < -0.39 is 0 Å². The van der Waals surface area contributed by atoms with Gasteiger partial charge in [-0.25, -0.2) is 4.98 Å². The van der Waals surface area contributed by atoms with Crippen LogP contribution in [-0.2, 0) is 13.0 Å². The lowest BCUT2D eigenvalue weighted by molar-refractivity contribution is 0.0785. The second kappa shape index (κ2) is 9.07. The number of thiazole rings is 1. The standard InChI is InChI=1S/C22H28N4O2S/c1-24(11-9-17-6-3-2-4-7-17)21(28)20-19(26-12-13-29-22(26)23-20)15-25-10-5-8-18(14-25)16-27/h2-4,6-7,12-13,18,27H,5,8-11,14-16H2,1H3/t18-/m0/s1. The number of piperidine rings is 1. The first-order valence-electron chi connectivity index (χ1n) is 10.2. The topological polar surface area (TPSA) is 61.1 Å². The summed E-state index contributed by atoms with van der Waals surface area (Å²) in [5.41, 5.74) is 2.73. The minimum absolute atomic E-state index is 0.0254. The third kappa shape index (κ3) is 4.52. The van der Waals surface area contributed by atoms with Gasteiger partial charge in [0.15, 0.2) is 10.7 Å². The van der Waals surface area contributed by atoms with E-state index in [4.69, 9.17) is 0 Å². The maximum Gasteiger partial charge on any atom is 0.274 e. The molecule has 0 radical (unpaired) electrons. The van der Waals surface area contributed by atoms with Crippen LogP contribution in [0.2, 0.25) is 0 Å². The highest BCUT2D eigenvalue weighted by Gasteiger charge is 2.26. The Labute approximate surface area is 175 Å². The second-order valence-electron chi connectivity index (χ2n) is 7.85. The molecule has 1 aliphatic rings. The Hall–Kier alpha value is -2.22. The number of amides is 1. The normalized spacial score (nSPS) is 17.7. The smallest absolute Gasteiger partial charge is 0.274 e. The van der Waals surface area contributed by atoms with Crippen LogP contribution >= 0.6 is 11.3 Å². The van der Waals surface area contributed by atoms with Crippen molar-refractivity contribution in [2.24, 2.45) is 5.92 Å². The van der Waals surface area contributed by atoms with Gasteiger partial charge in [0.1, 0.15) is 0 Å². The molecular weight excluding hydrogens is 384 g/mol. The SMILES string of the molecule is CN(CCc1ccccc1)C(=O)c1nc2sccn2c1CN1CCC[C@H](CO)C1. The second-order valence-corrected chi connectivity index (χ2v) is 8.72. The number of rotatable bonds is 7. The molecule has 3 heterocycles. The Morgan fingerprint density at radius 3 is 2.97 bits per heavy atom. The van der Waals surface area contributed by atoms with Crippen molar-refractivity contribution in [1.29, 1.82) is 0 Å². The Balaban J connectivity index is 1.51. The highest BCUT2D eigenvalue weighted by atomic mass is 32.1. The molecule has 6 nitrogen and oxygen atoms in total. The van der Waals surface area contributed by atoms with Crippen molar-refractivity contribution in [3.8, 4) is 0 Å². The Bertz CT molecular complexity index is 952. The third-order valence-corrected chi connectivity index (χ3v) is 6.48.